The predicted molar refractivity (Wildman–Crippen MR) is 135 cm³/mol. The summed E-state index contributed by atoms with van der Waals surface area (Å²) in [4.78, 5) is 29.8. The number of rotatable bonds is 3. The number of hydrogen-bond acceptors (Lipinski definition) is 4. The van der Waals surface area contributed by atoms with Gasteiger partial charge in [-0.2, -0.15) is 0 Å². The monoisotopic (exact) mass is 509 g/mol. The van der Waals surface area contributed by atoms with Crippen molar-refractivity contribution in [1.82, 2.24) is 9.80 Å². The highest BCUT2D eigenvalue weighted by molar-refractivity contribution is 7.91. The minimum atomic E-state index is -2.99. The number of carbonyl (C=O) groups excluding carboxylic acids is 2. The van der Waals surface area contributed by atoms with Crippen molar-refractivity contribution in [3.8, 4) is 0 Å². The number of amides is 3. The standard InChI is InChI=1S/C25H36ClN3O4S/c1-16-15-28(25(31)27-22-7-5-4-6-21(22)26)24-14-19(10-13-23(24)29(16)17(2)30)18-8-11-20(12-9-18)34(3,32)33/h4-7,16,18-20,23-24H,8-15H2,1-3H3,(H,27,31)/t16-,18?,19?,20?,23?,24?/m0/s1. The predicted octanol–water partition coefficient (Wildman–Crippen LogP) is 4.57. The molecule has 4 atom stereocenters. The highest BCUT2D eigenvalue weighted by atomic mass is 35.5. The second kappa shape index (κ2) is 10.1. The summed E-state index contributed by atoms with van der Waals surface area (Å²) in [6.07, 6.45) is 7.33. The van der Waals surface area contributed by atoms with Gasteiger partial charge in [-0.1, -0.05) is 23.7 Å². The molecular weight excluding hydrogens is 474 g/mol. The third-order valence-corrected chi connectivity index (χ3v) is 10.3. The van der Waals surface area contributed by atoms with Gasteiger partial charge in [-0.3, -0.25) is 4.79 Å². The average Bonchev–Trinajstić information content (AvgIpc) is 2.79. The largest absolute Gasteiger partial charge is 0.333 e. The van der Waals surface area contributed by atoms with Crippen molar-refractivity contribution in [3.63, 3.8) is 0 Å². The number of benzene rings is 1. The molecule has 0 radical (unpaired) electrons. The number of sulfone groups is 1. The Bertz CT molecular complexity index is 1020. The number of nitrogens with zero attached hydrogens (tertiary/aromatic N) is 2. The van der Waals surface area contributed by atoms with Gasteiger partial charge in [0.1, 0.15) is 9.84 Å². The molecule has 0 bridgehead atoms. The molecule has 1 heterocycles. The average molecular weight is 510 g/mol. The molecule has 1 N–H and O–H groups in total. The maximum atomic E-state index is 13.4. The van der Waals surface area contributed by atoms with Gasteiger partial charge in [-0.25, -0.2) is 13.2 Å². The Morgan fingerprint density at radius 1 is 1.00 bits per heavy atom. The smallest absolute Gasteiger partial charge is 0.322 e. The fourth-order valence-corrected chi connectivity index (χ4v) is 7.91. The fourth-order valence-electron chi connectivity index (χ4n) is 6.60. The lowest BCUT2D eigenvalue weighted by molar-refractivity contribution is -0.141. The summed E-state index contributed by atoms with van der Waals surface area (Å²) in [5.41, 5.74) is 0.582. The van der Waals surface area contributed by atoms with Crippen molar-refractivity contribution in [1.29, 1.82) is 0 Å². The van der Waals surface area contributed by atoms with E-state index in [2.05, 4.69) is 5.32 Å². The third-order valence-electron chi connectivity index (χ3n) is 8.25. The molecule has 1 saturated heterocycles. The van der Waals surface area contributed by atoms with E-state index in [9.17, 15) is 18.0 Å². The maximum Gasteiger partial charge on any atom is 0.322 e. The first kappa shape index (κ1) is 25.3. The molecule has 1 aliphatic heterocycles. The summed E-state index contributed by atoms with van der Waals surface area (Å²) < 4.78 is 24.0. The van der Waals surface area contributed by atoms with Crippen LogP contribution in [0.15, 0.2) is 24.3 Å². The molecule has 3 fully saturated rings. The van der Waals surface area contributed by atoms with E-state index in [0.717, 1.165) is 44.9 Å². The van der Waals surface area contributed by atoms with Gasteiger partial charge >= 0.3 is 6.03 Å². The molecule has 188 valence electrons. The first-order valence-electron chi connectivity index (χ1n) is 12.4. The Hall–Kier alpha value is -1.80. The van der Waals surface area contributed by atoms with Crippen LogP contribution in [0.2, 0.25) is 5.02 Å². The lowest BCUT2D eigenvalue weighted by atomic mass is 9.69. The number of halogens is 1. The molecule has 0 spiro atoms. The maximum absolute atomic E-state index is 13.4. The quantitative estimate of drug-likeness (QED) is 0.646. The minimum Gasteiger partial charge on any atom is -0.333 e. The van der Waals surface area contributed by atoms with E-state index >= 15 is 0 Å². The van der Waals surface area contributed by atoms with Crippen LogP contribution in [-0.4, -0.2) is 66.3 Å². The van der Waals surface area contributed by atoms with Gasteiger partial charge in [-0.05, 0) is 75.8 Å². The first-order chi connectivity index (χ1) is 16.1. The number of urea groups is 1. The highest BCUT2D eigenvalue weighted by Gasteiger charge is 2.47. The summed E-state index contributed by atoms with van der Waals surface area (Å²) in [6, 6.07) is 6.90. The molecule has 2 aliphatic carbocycles. The third kappa shape index (κ3) is 5.23. The Morgan fingerprint density at radius 2 is 1.65 bits per heavy atom. The molecule has 4 rings (SSSR count). The summed E-state index contributed by atoms with van der Waals surface area (Å²) in [7, 11) is -2.99. The fraction of sp³-hybridized carbons (Fsp3) is 0.680. The van der Waals surface area contributed by atoms with Crippen LogP contribution in [0.4, 0.5) is 10.5 Å². The molecule has 1 aromatic carbocycles. The number of piperazine rings is 1. The summed E-state index contributed by atoms with van der Waals surface area (Å²) in [6.45, 7) is 4.10. The lowest BCUT2D eigenvalue weighted by Gasteiger charge is -2.54. The van der Waals surface area contributed by atoms with Gasteiger partial charge in [0.2, 0.25) is 5.91 Å². The first-order valence-corrected chi connectivity index (χ1v) is 14.7. The van der Waals surface area contributed by atoms with E-state index in [0.29, 0.717) is 29.1 Å². The van der Waals surface area contributed by atoms with E-state index in [4.69, 9.17) is 11.6 Å². The zero-order valence-corrected chi connectivity index (χ0v) is 21.8. The molecule has 1 aromatic rings. The zero-order valence-electron chi connectivity index (χ0n) is 20.2. The normalized spacial score (nSPS) is 32.1. The van der Waals surface area contributed by atoms with Crippen molar-refractivity contribution in [2.24, 2.45) is 11.8 Å². The summed E-state index contributed by atoms with van der Waals surface area (Å²) in [5.74, 6) is 0.956. The number of para-hydroxylation sites is 1. The Balaban J connectivity index is 1.52. The molecule has 3 amide bonds. The van der Waals surface area contributed by atoms with Crippen LogP contribution in [-0.2, 0) is 14.6 Å². The van der Waals surface area contributed by atoms with E-state index in [-0.39, 0.29) is 35.3 Å². The van der Waals surface area contributed by atoms with Crippen LogP contribution < -0.4 is 5.32 Å². The van der Waals surface area contributed by atoms with Crippen molar-refractivity contribution in [2.75, 3.05) is 18.1 Å². The number of fused-ring (bicyclic) bond motifs is 1. The summed E-state index contributed by atoms with van der Waals surface area (Å²) in [5, 5.41) is 3.25. The SMILES string of the molecule is CC(=O)N1C2CCC(C3CCC(S(C)(=O)=O)CC3)CC2N(C(=O)Nc2ccccc2Cl)C[C@@H]1C. The number of hydrogen-bond donors (Lipinski definition) is 1. The van der Waals surface area contributed by atoms with Crippen LogP contribution in [0.1, 0.15) is 58.8 Å². The van der Waals surface area contributed by atoms with E-state index in [1.807, 2.05) is 28.9 Å². The van der Waals surface area contributed by atoms with Crippen LogP contribution in [0.5, 0.6) is 0 Å². The van der Waals surface area contributed by atoms with Crippen LogP contribution in [0.3, 0.4) is 0 Å². The highest BCUT2D eigenvalue weighted by Crippen LogP contribution is 2.43. The van der Waals surface area contributed by atoms with Crippen LogP contribution in [0, 0.1) is 11.8 Å². The second-order valence-electron chi connectivity index (χ2n) is 10.4. The Morgan fingerprint density at radius 3 is 2.26 bits per heavy atom. The molecule has 7 nitrogen and oxygen atoms in total. The van der Waals surface area contributed by atoms with E-state index in [1.54, 1.807) is 19.1 Å². The van der Waals surface area contributed by atoms with Crippen molar-refractivity contribution >= 4 is 39.1 Å². The number of nitrogens with one attached hydrogen (secondary N) is 1. The molecule has 34 heavy (non-hydrogen) atoms. The van der Waals surface area contributed by atoms with Crippen LogP contribution in [0.25, 0.3) is 0 Å². The molecule has 2 saturated carbocycles. The number of anilines is 1. The molecular formula is C25H36ClN3O4S. The second-order valence-corrected chi connectivity index (χ2v) is 13.1. The van der Waals surface area contributed by atoms with Gasteiger partial charge < -0.3 is 15.1 Å². The topological polar surface area (TPSA) is 86.8 Å². The van der Waals surface area contributed by atoms with Crippen molar-refractivity contribution in [3.05, 3.63) is 29.3 Å². The minimum absolute atomic E-state index is 0.00172. The van der Waals surface area contributed by atoms with E-state index in [1.165, 1.54) is 6.26 Å². The summed E-state index contributed by atoms with van der Waals surface area (Å²) >= 11 is 6.28. The van der Waals surface area contributed by atoms with Crippen molar-refractivity contribution < 1.29 is 18.0 Å². The zero-order chi connectivity index (χ0) is 24.6. The van der Waals surface area contributed by atoms with Gasteiger partial charge in [0, 0.05) is 25.8 Å². The van der Waals surface area contributed by atoms with Gasteiger partial charge in [0.25, 0.3) is 0 Å². The van der Waals surface area contributed by atoms with E-state index < -0.39 is 9.84 Å². The Labute approximate surface area is 208 Å². The van der Waals surface area contributed by atoms with Gasteiger partial charge in [0.15, 0.2) is 0 Å². The van der Waals surface area contributed by atoms with Gasteiger partial charge in [0.05, 0.1) is 28.0 Å². The molecule has 3 aliphatic rings. The number of carbonyl (C=O) groups is 2. The molecule has 0 aromatic heterocycles. The lowest BCUT2D eigenvalue weighted by Crippen LogP contribution is -2.67. The van der Waals surface area contributed by atoms with Crippen molar-refractivity contribution in [2.45, 2.75) is 82.2 Å². The van der Waals surface area contributed by atoms with Gasteiger partial charge in [-0.15, -0.1) is 0 Å². The molecule has 3 unspecified atom stereocenters. The Kier molecular flexibility index (Phi) is 7.48. The van der Waals surface area contributed by atoms with Crippen LogP contribution >= 0.6 is 11.6 Å². The molecule has 9 heteroatoms.